The largest absolute Gasteiger partial charge is 0.306 e. The predicted molar refractivity (Wildman–Crippen MR) is 84.7 cm³/mol. The molecule has 0 saturated carbocycles. The molecule has 1 heteroatoms. The van der Waals surface area contributed by atoms with Crippen molar-refractivity contribution >= 4 is 0 Å². The Balaban J connectivity index is 1.79. The van der Waals surface area contributed by atoms with Crippen molar-refractivity contribution in [2.75, 3.05) is 0 Å². The normalized spacial score (nSPS) is 20.4. The first-order valence-corrected chi connectivity index (χ1v) is 7.53. The molecule has 104 valence electrons. The van der Waals surface area contributed by atoms with Gasteiger partial charge in [-0.15, -0.1) is 0 Å². The second-order valence-corrected chi connectivity index (χ2v) is 6.43. The molecule has 20 heavy (non-hydrogen) atoms. The van der Waals surface area contributed by atoms with Gasteiger partial charge < -0.3 is 5.32 Å². The molecule has 3 rings (SSSR count). The fourth-order valence-electron chi connectivity index (χ4n) is 3.26. The quantitative estimate of drug-likeness (QED) is 0.856. The second kappa shape index (κ2) is 5.41. The lowest BCUT2D eigenvalue weighted by Crippen LogP contribution is -2.32. The van der Waals surface area contributed by atoms with Crippen molar-refractivity contribution in [2.24, 2.45) is 0 Å². The van der Waals surface area contributed by atoms with Crippen LogP contribution in [0.4, 0.5) is 0 Å². The summed E-state index contributed by atoms with van der Waals surface area (Å²) in [6.45, 7) is 5.67. The Labute approximate surface area is 122 Å². The van der Waals surface area contributed by atoms with E-state index in [1.54, 1.807) is 0 Å². The molecule has 1 aliphatic rings. The highest BCUT2D eigenvalue weighted by molar-refractivity contribution is 5.38. The first-order chi connectivity index (χ1) is 9.67. The van der Waals surface area contributed by atoms with Crippen LogP contribution in [-0.2, 0) is 12.0 Å². The summed E-state index contributed by atoms with van der Waals surface area (Å²) in [6.07, 6.45) is 2.47. The summed E-state index contributed by atoms with van der Waals surface area (Å²) in [5.41, 5.74) is 4.66. The summed E-state index contributed by atoms with van der Waals surface area (Å²) in [5.74, 6) is 0. The van der Waals surface area contributed by atoms with E-state index in [0.29, 0.717) is 11.5 Å². The van der Waals surface area contributed by atoms with E-state index in [4.69, 9.17) is 0 Å². The van der Waals surface area contributed by atoms with Crippen LogP contribution in [0.25, 0.3) is 0 Å². The predicted octanol–water partition coefficient (Wildman–Crippen LogP) is 4.59. The van der Waals surface area contributed by atoms with E-state index in [1.165, 1.54) is 29.5 Å². The molecule has 0 spiro atoms. The van der Waals surface area contributed by atoms with Gasteiger partial charge in [0.15, 0.2) is 0 Å². The standard InChI is InChI=1S/C19H23N/c1-19(2)13-12-18(16-10-6-7-11-17(16)19)20-14-15-8-4-3-5-9-15/h3-11,18,20H,12-14H2,1-2H3. The number of hydrogen-bond donors (Lipinski definition) is 1. The molecule has 0 amide bonds. The number of hydrogen-bond acceptors (Lipinski definition) is 1. The first kappa shape index (κ1) is 13.4. The van der Waals surface area contributed by atoms with Crippen LogP contribution in [0.5, 0.6) is 0 Å². The summed E-state index contributed by atoms with van der Waals surface area (Å²) in [7, 11) is 0. The Morgan fingerprint density at radius 3 is 2.50 bits per heavy atom. The Morgan fingerprint density at radius 2 is 1.70 bits per heavy atom. The lowest BCUT2D eigenvalue weighted by atomic mass is 9.71. The molecule has 2 aromatic rings. The highest BCUT2D eigenvalue weighted by Crippen LogP contribution is 2.41. The number of nitrogens with one attached hydrogen (secondary N) is 1. The Hall–Kier alpha value is -1.60. The molecule has 0 saturated heterocycles. The van der Waals surface area contributed by atoms with Crippen LogP contribution in [0, 0.1) is 0 Å². The van der Waals surface area contributed by atoms with Crippen molar-refractivity contribution in [3.8, 4) is 0 Å². The molecule has 2 aromatic carbocycles. The highest BCUT2D eigenvalue weighted by atomic mass is 14.9. The Kier molecular flexibility index (Phi) is 3.62. The van der Waals surface area contributed by atoms with Gasteiger partial charge in [0.05, 0.1) is 0 Å². The summed E-state index contributed by atoms with van der Waals surface area (Å²) in [6, 6.07) is 20.1. The lowest BCUT2D eigenvalue weighted by molar-refractivity contribution is 0.357. The van der Waals surface area contributed by atoms with E-state index in [2.05, 4.69) is 73.8 Å². The number of fused-ring (bicyclic) bond motifs is 1. The van der Waals surface area contributed by atoms with Gasteiger partial charge in [-0.25, -0.2) is 0 Å². The van der Waals surface area contributed by atoms with Gasteiger partial charge in [0, 0.05) is 12.6 Å². The van der Waals surface area contributed by atoms with Gasteiger partial charge in [0.25, 0.3) is 0 Å². The lowest BCUT2D eigenvalue weighted by Gasteiger charge is -2.37. The van der Waals surface area contributed by atoms with Gasteiger partial charge in [-0.2, -0.15) is 0 Å². The van der Waals surface area contributed by atoms with E-state index in [1.807, 2.05) is 0 Å². The summed E-state index contributed by atoms with van der Waals surface area (Å²) in [5, 5.41) is 3.73. The van der Waals surface area contributed by atoms with Gasteiger partial charge in [0.1, 0.15) is 0 Å². The third-order valence-corrected chi connectivity index (χ3v) is 4.52. The molecule has 1 atom stereocenters. The van der Waals surface area contributed by atoms with Gasteiger partial charge >= 0.3 is 0 Å². The van der Waals surface area contributed by atoms with Crippen LogP contribution in [0.3, 0.4) is 0 Å². The van der Waals surface area contributed by atoms with E-state index >= 15 is 0 Å². The van der Waals surface area contributed by atoms with Crippen molar-refractivity contribution in [3.63, 3.8) is 0 Å². The molecule has 1 aliphatic carbocycles. The average molecular weight is 265 g/mol. The molecular weight excluding hydrogens is 242 g/mol. The van der Waals surface area contributed by atoms with Crippen molar-refractivity contribution in [2.45, 2.75) is 44.7 Å². The summed E-state index contributed by atoms with van der Waals surface area (Å²) in [4.78, 5) is 0. The molecule has 0 radical (unpaired) electrons. The van der Waals surface area contributed by atoms with Crippen LogP contribution in [0.15, 0.2) is 54.6 Å². The SMILES string of the molecule is CC1(C)CCC(NCc2ccccc2)c2ccccc21. The molecule has 0 aliphatic heterocycles. The topological polar surface area (TPSA) is 12.0 Å². The van der Waals surface area contributed by atoms with Gasteiger partial charge in [-0.3, -0.25) is 0 Å². The molecule has 1 nitrogen and oxygen atoms in total. The van der Waals surface area contributed by atoms with Crippen molar-refractivity contribution in [3.05, 3.63) is 71.3 Å². The molecule has 0 bridgehead atoms. The highest BCUT2D eigenvalue weighted by Gasteiger charge is 2.31. The Bertz CT molecular complexity index is 571. The van der Waals surface area contributed by atoms with E-state index in [0.717, 1.165) is 6.54 Å². The monoisotopic (exact) mass is 265 g/mol. The first-order valence-electron chi connectivity index (χ1n) is 7.53. The average Bonchev–Trinajstić information content (AvgIpc) is 2.48. The fraction of sp³-hybridized carbons (Fsp3) is 0.368. The number of benzene rings is 2. The zero-order valence-corrected chi connectivity index (χ0v) is 12.4. The maximum Gasteiger partial charge on any atom is 0.0326 e. The van der Waals surface area contributed by atoms with Gasteiger partial charge in [0.2, 0.25) is 0 Å². The minimum atomic E-state index is 0.307. The Morgan fingerprint density at radius 1 is 1.00 bits per heavy atom. The van der Waals surface area contributed by atoms with Crippen LogP contribution in [0.2, 0.25) is 0 Å². The molecule has 1 N–H and O–H groups in total. The fourth-order valence-corrected chi connectivity index (χ4v) is 3.26. The molecule has 0 heterocycles. The van der Waals surface area contributed by atoms with E-state index in [9.17, 15) is 0 Å². The van der Waals surface area contributed by atoms with E-state index in [-0.39, 0.29) is 0 Å². The van der Waals surface area contributed by atoms with Gasteiger partial charge in [-0.1, -0.05) is 68.4 Å². The van der Waals surface area contributed by atoms with Crippen molar-refractivity contribution in [1.82, 2.24) is 5.32 Å². The minimum Gasteiger partial charge on any atom is -0.306 e. The van der Waals surface area contributed by atoms with Crippen LogP contribution in [0.1, 0.15) is 49.4 Å². The minimum absolute atomic E-state index is 0.307. The third kappa shape index (κ3) is 2.64. The van der Waals surface area contributed by atoms with Crippen molar-refractivity contribution < 1.29 is 0 Å². The summed E-state index contributed by atoms with van der Waals surface area (Å²) < 4.78 is 0. The number of rotatable bonds is 3. The molecular formula is C19H23N. The van der Waals surface area contributed by atoms with Crippen LogP contribution < -0.4 is 5.32 Å². The van der Waals surface area contributed by atoms with Gasteiger partial charge in [-0.05, 0) is 34.9 Å². The maximum absolute atomic E-state index is 3.73. The smallest absolute Gasteiger partial charge is 0.0326 e. The second-order valence-electron chi connectivity index (χ2n) is 6.43. The van der Waals surface area contributed by atoms with Crippen molar-refractivity contribution in [1.29, 1.82) is 0 Å². The molecule has 0 fully saturated rings. The van der Waals surface area contributed by atoms with E-state index < -0.39 is 0 Å². The van der Waals surface area contributed by atoms with Crippen LogP contribution in [-0.4, -0.2) is 0 Å². The zero-order chi connectivity index (χ0) is 14.0. The molecule has 0 aromatic heterocycles. The zero-order valence-electron chi connectivity index (χ0n) is 12.4. The summed E-state index contributed by atoms with van der Waals surface area (Å²) >= 11 is 0. The third-order valence-electron chi connectivity index (χ3n) is 4.52. The maximum atomic E-state index is 3.73. The molecule has 1 unspecified atom stereocenters. The van der Waals surface area contributed by atoms with Crippen LogP contribution >= 0.6 is 0 Å².